The van der Waals surface area contributed by atoms with E-state index in [0.717, 1.165) is 11.3 Å². The molecule has 2 rings (SSSR count). The Balaban J connectivity index is 2.28. The molecule has 1 aromatic rings. The van der Waals surface area contributed by atoms with Crippen molar-refractivity contribution in [3.63, 3.8) is 0 Å². The maximum atomic E-state index is 6.08. The van der Waals surface area contributed by atoms with E-state index in [1.54, 1.807) is 19.2 Å². The van der Waals surface area contributed by atoms with Gasteiger partial charge in [-0.05, 0) is 30.4 Å². The molecule has 1 aromatic carbocycles. The number of nitrogens with zero attached hydrogens (tertiary/aromatic N) is 2. The number of halogens is 1. The van der Waals surface area contributed by atoms with Gasteiger partial charge in [0.15, 0.2) is 0 Å². The summed E-state index contributed by atoms with van der Waals surface area (Å²) in [5.74, 6) is 0.631. The van der Waals surface area contributed by atoms with Crippen LogP contribution in [0.4, 0.5) is 0 Å². The zero-order valence-electron chi connectivity index (χ0n) is 9.88. The van der Waals surface area contributed by atoms with Gasteiger partial charge in [0.1, 0.15) is 5.75 Å². The van der Waals surface area contributed by atoms with E-state index in [1.807, 2.05) is 13.0 Å². The average Bonchev–Trinajstić information content (AvgIpc) is 2.72. The molecule has 0 amide bonds. The molecule has 1 heterocycles. The fraction of sp³-hybridized carbons (Fsp3) is 0.333. The molecular weight excluding hydrogens is 272 g/mol. The zero-order chi connectivity index (χ0) is 13.1. The first kappa shape index (κ1) is 13.0. The summed E-state index contributed by atoms with van der Waals surface area (Å²) in [4.78, 5) is 9.09. The molecule has 6 heteroatoms. The van der Waals surface area contributed by atoms with Gasteiger partial charge in [-0.25, -0.2) is 0 Å². The van der Waals surface area contributed by atoms with Crippen LogP contribution in [0.2, 0.25) is 5.02 Å². The Morgan fingerprint density at radius 1 is 1.56 bits per heavy atom. The van der Waals surface area contributed by atoms with Gasteiger partial charge in [-0.3, -0.25) is 0 Å². The summed E-state index contributed by atoms with van der Waals surface area (Å²) in [7, 11) is 1.57. The summed E-state index contributed by atoms with van der Waals surface area (Å²) >= 11 is 10.6. The number of isothiocyanates is 1. The minimum Gasteiger partial charge on any atom is -0.495 e. The van der Waals surface area contributed by atoms with Crippen LogP contribution in [0.3, 0.4) is 0 Å². The number of oxime groups is 1. The average molecular weight is 283 g/mol. The van der Waals surface area contributed by atoms with Crippen molar-refractivity contribution in [2.24, 2.45) is 16.1 Å². The maximum Gasteiger partial charge on any atom is 0.234 e. The number of ether oxygens (including phenoxy) is 1. The molecule has 0 aliphatic carbocycles. The van der Waals surface area contributed by atoms with E-state index in [0.29, 0.717) is 10.8 Å². The van der Waals surface area contributed by atoms with Gasteiger partial charge in [-0.2, -0.15) is 4.99 Å². The smallest absolute Gasteiger partial charge is 0.234 e. The number of hydrogen-bond donors (Lipinski definition) is 0. The quantitative estimate of drug-likeness (QED) is 0.632. The molecule has 0 radical (unpaired) electrons. The number of methoxy groups -OCH3 is 1. The second kappa shape index (κ2) is 5.48. The van der Waals surface area contributed by atoms with E-state index in [2.05, 4.69) is 27.5 Å². The van der Waals surface area contributed by atoms with Crippen LogP contribution in [0, 0.1) is 5.92 Å². The fourth-order valence-corrected chi connectivity index (χ4v) is 2.11. The summed E-state index contributed by atoms with van der Waals surface area (Å²) < 4.78 is 5.10. The number of rotatable bonds is 3. The van der Waals surface area contributed by atoms with Crippen molar-refractivity contribution in [2.75, 3.05) is 7.11 Å². The third-order valence-corrected chi connectivity index (χ3v) is 3.15. The molecule has 2 unspecified atom stereocenters. The first-order valence-electron chi connectivity index (χ1n) is 5.32. The molecule has 1 aliphatic rings. The van der Waals surface area contributed by atoms with Gasteiger partial charge >= 0.3 is 0 Å². The van der Waals surface area contributed by atoms with Crippen LogP contribution < -0.4 is 4.74 Å². The van der Waals surface area contributed by atoms with E-state index < -0.39 is 6.23 Å². The van der Waals surface area contributed by atoms with Crippen molar-refractivity contribution in [1.29, 1.82) is 0 Å². The predicted molar refractivity (Wildman–Crippen MR) is 73.6 cm³/mol. The summed E-state index contributed by atoms with van der Waals surface area (Å²) in [6, 6.07) is 5.47. The Morgan fingerprint density at radius 3 is 2.94 bits per heavy atom. The van der Waals surface area contributed by atoms with Gasteiger partial charge in [0, 0.05) is 5.56 Å². The first-order chi connectivity index (χ1) is 8.67. The second-order valence-electron chi connectivity index (χ2n) is 3.83. The van der Waals surface area contributed by atoms with E-state index in [1.165, 1.54) is 0 Å². The Kier molecular flexibility index (Phi) is 3.97. The van der Waals surface area contributed by atoms with Crippen molar-refractivity contribution in [3.05, 3.63) is 28.8 Å². The molecule has 18 heavy (non-hydrogen) atoms. The molecule has 0 fully saturated rings. The van der Waals surface area contributed by atoms with E-state index >= 15 is 0 Å². The molecule has 0 bridgehead atoms. The lowest BCUT2D eigenvalue weighted by molar-refractivity contribution is 0.0734. The highest BCUT2D eigenvalue weighted by Crippen LogP contribution is 2.29. The van der Waals surface area contributed by atoms with Gasteiger partial charge in [0.05, 0.1) is 28.9 Å². The highest BCUT2D eigenvalue weighted by Gasteiger charge is 2.31. The normalized spacial score (nSPS) is 21.8. The third kappa shape index (κ3) is 2.38. The Hall–Kier alpha value is -1.42. The lowest BCUT2D eigenvalue weighted by Gasteiger charge is -2.10. The van der Waals surface area contributed by atoms with Crippen LogP contribution >= 0.6 is 23.8 Å². The summed E-state index contributed by atoms with van der Waals surface area (Å²) in [6.07, 6.45) is -0.404. The van der Waals surface area contributed by atoms with E-state index in [4.69, 9.17) is 21.2 Å². The number of thiocarbonyl (C=S) groups is 1. The maximum absolute atomic E-state index is 6.08. The molecule has 94 valence electrons. The Morgan fingerprint density at radius 2 is 2.33 bits per heavy atom. The van der Waals surface area contributed by atoms with E-state index in [9.17, 15) is 0 Å². The largest absolute Gasteiger partial charge is 0.495 e. The first-order valence-corrected chi connectivity index (χ1v) is 6.10. The lowest BCUT2D eigenvalue weighted by atomic mass is 9.98. The van der Waals surface area contributed by atoms with Gasteiger partial charge in [-0.15, -0.1) is 0 Å². The highest BCUT2D eigenvalue weighted by molar-refractivity contribution is 7.78. The lowest BCUT2D eigenvalue weighted by Crippen LogP contribution is -2.18. The van der Waals surface area contributed by atoms with Crippen molar-refractivity contribution >= 4 is 34.7 Å². The molecule has 0 aromatic heterocycles. The molecule has 4 nitrogen and oxygen atoms in total. The molecule has 0 spiro atoms. The van der Waals surface area contributed by atoms with Crippen LogP contribution in [-0.2, 0) is 4.84 Å². The highest BCUT2D eigenvalue weighted by atomic mass is 35.5. The molecule has 0 N–H and O–H groups in total. The van der Waals surface area contributed by atoms with Crippen molar-refractivity contribution in [1.82, 2.24) is 0 Å². The van der Waals surface area contributed by atoms with Gasteiger partial charge in [-0.1, -0.05) is 23.7 Å². The van der Waals surface area contributed by atoms with Crippen molar-refractivity contribution in [2.45, 2.75) is 13.2 Å². The Bertz CT molecular complexity index is 541. The van der Waals surface area contributed by atoms with Crippen LogP contribution in [0.15, 0.2) is 28.3 Å². The second-order valence-corrected chi connectivity index (χ2v) is 4.42. The molecule has 2 atom stereocenters. The SMILES string of the molecule is COc1ccc(C2=NOC(N=C=S)C2C)cc1Cl. The molecular formula is C12H11ClN2O2S. The molecule has 0 saturated carbocycles. The monoisotopic (exact) mass is 282 g/mol. The standard InChI is InChI=1S/C12H11ClN2O2S/c1-7-11(15-17-12(7)14-6-18)8-3-4-10(16-2)9(13)5-8/h3-5,7,12H,1-2H3. The minimum absolute atomic E-state index is 0.00455. The number of hydrogen-bond acceptors (Lipinski definition) is 5. The van der Waals surface area contributed by atoms with Crippen LogP contribution in [0.5, 0.6) is 5.75 Å². The van der Waals surface area contributed by atoms with Crippen molar-refractivity contribution < 1.29 is 9.57 Å². The third-order valence-electron chi connectivity index (χ3n) is 2.75. The van der Waals surface area contributed by atoms with Crippen LogP contribution in [0.25, 0.3) is 0 Å². The fourth-order valence-electron chi connectivity index (χ4n) is 1.75. The predicted octanol–water partition coefficient (Wildman–Crippen LogP) is 3.15. The van der Waals surface area contributed by atoms with Crippen molar-refractivity contribution in [3.8, 4) is 5.75 Å². The van der Waals surface area contributed by atoms with Gasteiger partial charge in [0.25, 0.3) is 0 Å². The van der Waals surface area contributed by atoms with Crippen LogP contribution in [0.1, 0.15) is 12.5 Å². The van der Waals surface area contributed by atoms with E-state index in [-0.39, 0.29) is 5.92 Å². The topological polar surface area (TPSA) is 43.2 Å². The molecule has 1 aliphatic heterocycles. The summed E-state index contributed by atoms with van der Waals surface area (Å²) in [5, 5.41) is 6.86. The van der Waals surface area contributed by atoms with Crippen LogP contribution in [-0.4, -0.2) is 24.2 Å². The summed E-state index contributed by atoms with van der Waals surface area (Å²) in [6.45, 7) is 1.96. The molecule has 0 saturated heterocycles. The van der Waals surface area contributed by atoms with Gasteiger partial charge < -0.3 is 9.57 Å². The van der Waals surface area contributed by atoms with Gasteiger partial charge in [0.2, 0.25) is 6.23 Å². The zero-order valence-corrected chi connectivity index (χ0v) is 11.5. The summed E-state index contributed by atoms with van der Waals surface area (Å²) in [5.41, 5.74) is 1.67. The minimum atomic E-state index is -0.404. The number of aliphatic imine (C=N–C) groups is 1. The Labute approximate surface area is 115 Å². The number of benzene rings is 1.